The van der Waals surface area contributed by atoms with E-state index in [1.807, 2.05) is 12.3 Å². The molecule has 124 valence electrons. The second-order valence-corrected chi connectivity index (χ2v) is 6.77. The Balaban J connectivity index is 1.92. The third kappa shape index (κ3) is 3.49. The number of fused-ring (bicyclic) bond motifs is 1. The number of aromatic amines is 1. The summed E-state index contributed by atoms with van der Waals surface area (Å²) in [5.41, 5.74) is 1.22. The van der Waals surface area contributed by atoms with Crippen molar-refractivity contribution >= 4 is 39.2 Å². The molecule has 0 fully saturated rings. The highest BCUT2D eigenvalue weighted by molar-refractivity contribution is 7.99. The van der Waals surface area contributed by atoms with E-state index in [1.165, 1.54) is 35.2 Å². The number of rotatable bonds is 5. The Morgan fingerprint density at radius 2 is 2.12 bits per heavy atom. The number of halogens is 1. The second kappa shape index (κ2) is 7.14. The number of amides is 1. The molecule has 5 nitrogen and oxygen atoms in total. The molecule has 3 aromatic rings. The van der Waals surface area contributed by atoms with E-state index in [0.717, 1.165) is 11.1 Å². The Labute approximate surface area is 145 Å². The van der Waals surface area contributed by atoms with Crippen LogP contribution in [0.4, 0.5) is 4.39 Å². The molecule has 1 amide bonds. The van der Waals surface area contributed by atoms with Crippen LogP contribution in [0.3, 0.4) is 0 Å². The summed E-state index contributed by atoms with van der Waals surface area (Å²) in [5.74, 6) is -0.240. The summed E-state index contributed by atoms with van der Waals surface area (Å²) in [6.45, 7) is 2.41. The molecule has 0 aliphatic carbocycles. The zero-order chi connectivity index (χ0) is 17.1. The molecular weight excluding hydrogens is 349 g/mol. The highest BCUT2D eigenvalue weighted by Gasteiger charge is 2.14. The second-order valence-electron chi connectivity index (χ2n) is 4.95. The maximum Gasteiger partial charge on any atom is 0.260 e. The third-order valence-corrected chi connectivity index (χ3v) is 5.04. The standard InChI is InChI=1S/C16H14FN3O2S2/c1-2-18-12(21)8-24-16-19-14(22)13-11(7-23-15(13)20-16)9-3-5-10(17)6-4-9/h3-7H,2,8H2,1H3,(H,18,21)(H,19,20,22). The Morgan fingerprint density at radius 1 is 1.38 bits per heavy atom. The van der Waals surface area contributed by atoms with Gasteiger partial charge in [-0.15, -0.1) is 11.3 Å². The molecule has 0 aliphatic heterocycles. The van der Waals surface area contributed by atoms with Gasteiger partial charge in [0.2, 0.25) is 5.91 Å². The molecule has 2 aromatic heterocycles. The van der Waals surface area contributed by atoms with E-state index < -0.39 is 0 Å². The van der Waals surface area contributed by atoms with Gasteiger partial charge in [-0.3, -0.25) is 9.59 Å². The first-order chi connectivity index (χ1) is 11.6. The summed E-state index contributed by atoms with van der Waals surface area (Å²) in [6, 6.07) is 5.98. The number of nitrogens with zero attached hydrogens (tertiary/aromatic N) is 1. The van der Waals surface area contributed by atoms with Crippen molar-refractivity contribution in [1.29, 1.82) is 0 Å². The Hall–Kier alpha value is -2.19. The van der Waals surface area contributed by atoms with E-state index >= 15 is 0 Å². The van der Waals surface area contributed by atoms with Crippen molar-refractivity contribution in [2.24, 2.45) is 0 Å². The van der Waals surface area contributed by atoms with E-state index in [9.17, 15) is 14.0 Å². The van der Waals surface area contributed by atoms with Gasteiger partial charge in [0.25, 0.3) is 5.56 Å². The van der Waals surface area contributed by atoms with Crippen LogP contribution < -0.4 is 10.9 Å². The molecule has 0 saturated heterocycles. The average Bonchev–Trinajstić information content (AvgIpc) is 2.98. The first-order valence-electron chi connectivity index (χ1n) is 7.25. The van der Waals surface area contributed by atoms with Crippen LogP contribution in [0.1, 0.15) is 6.92 Å². The predicted octanol–water partition coefficient (Wildman–Crippen LogP) is 3.02. The van der Waals surface area contributed by atoms with Crippen LogP contribution in [-0.4, -0.2) is 28.2 Å². The van der Waals surface area contributed by atoms with Gasteiger partial charge < -0.3 is 10.3 Å². The lowest BCUT2D eigenvalue weighted by atomic mass is 10.1. The van der Waals surface area contributed by atoms with Crippen LogP contribution in [0.5, 0.6) is 0 Å². The minimum atomic E-state index is -0.325. The topological polar surface area (TPSA) is 74.8 Å². The van der Waals surface area contributed by atoms with E-state index in [0.29, 0.717) is 21.9 Å². The van der Waals surface area contributed by atoms with Crippen LogP contribution in [0, 0.1) is 5.82 Å². The van der Waals surface area contributed by atoms with Gasteiger partial charge in [0.1, 0.15) is 10.6 Å². The van der Waals surface area contributed by atoms with Crippen LogP contribution in [-0.2, 0) is 4.79 Å². The first-order valence-corrected chi connectivity index (χ1v) is 9.12. The zero-order valence-electron chi connectivity index (χ0n) is 12.8. The molecule has 1 aromatic carbocycles. The van der Waals surface area contributed by atoms with Crippen LogP contribution in [0.25, 0.3) is 21.3 Å². The highest BCUT2D eigenvalue weighted by Crippen LogP contribution is 2.31. The predicted molar refractivity (Wildman–Crippen MR) is 95.0 cm³/mol. The van der Waals surface area contributed by atoms with Gasteiger partial charge in [-0.05, 0) is 24.6 Å². The van der Waals surface area contributed by atoms with Crippen molar-refractivity contribution in [1.82, 2.24) is 15.3 Å². The maximum atomic E-state index is 13.1. The summed E-state index contributed by atoms with van der Waals surface area (Å²) < 4.78 is 13.1. The van der Waals surface area contributed by atoms with Crippen molar-refractivity contribution in [3.05, 3.63) is 45.8 Å². The molecule has 0 spiro atoms. The van der Waals surface area contributed by atoms with Crippen LogP contribution in [0.2, 0.25) is 0 Å². The number of carbonyl (C=O) groups is 1. The van der Waals surface area contributed by atoms with Crippen molar-refractivity contribution < 1.29 is 9.18 Å². The molecule has 2 N–H and O–H groups in total. The molecular formula is C16H14FN3O2S2. The zero-order valence-corrected chi connectivity index (χ0v) is 14.4. The number of H-pyrrole nitrogens is 1. The number of thioether (sulfide) groups is 1. The van der Waals surface area contributed by atoms with Crippen LogP contribution in [0.15, 0.2) is 39.6 Å². The van der Waals surface area contributed by atoms with Gasteiger partial charge >= 0.3 is 0 Å². The SMILES string of the molecule is CCNC(=O)CSc1nc2scc(-c3ccc(F)cc3)c2c(=O)[nH]1. The molecule has 0 bridgehead atoms. The fourth-order valence-electron chi connectivity index (χ4n) is 2.22. The quantitative estimate of drug-likeness (QED) is 0.540. The summed E-state index contributed by atoms with van der Waals surface area (Å²) in [4.78, 5) is 31.6. The average molecular weight is 363 g/mol. The molecule has 0 atom stereocenters. The number of carbonyl (C=O) groups excluding carboxylic acids is 1. The number of nitrogens with one attached hydrogen (secondary N) is 2. The molecule has 2 heterocycles. The third-order valence-electron chi connectivity index (χ3n) is 3.29. The van der Waals surface area contributed by atoms with Crippen molar-refractivity contribution in [3.63, 3.8) is 0 Å². The summed E-state index contributed by atoms with van der Waals surface area (Å²) in [5, 5.41) is 5.41. The molecule has 3 rings (SSSR count). The minimum absolute atomic E-state index is 0.108. The van der Waals surface area contributed by atoms with Gasteiger partial charge in [0.05, 0.1) is 11.1 Å². The lowest BCUT2D eigenvalue weighted by Gasteiger charge is -2.03. The largest absolute Gasteiger partial charge is 0.356 e. The van der Waals surface area contributed by atoms with Gasteiger partial charge in [-0.25, -0.2) is 9.37 Å². The highest BCUT2D eigenvalue weighted by atomic mass is 32.2. The summed E-state index contributed by atoms with van der Waals surface area (Å²) in [6.07, 6.45) is 0. The smallest absolute Gasteiger partial charge is 0.260 e. The monoisotopic (exact) mass is 363 g/mol. The first kappa shape index (κ1) is 16.7. The lowest BCUT2D eigenvalue weighted by molar-refractivity contribution is -0.118. The molecule has 8 heteroatoms. The summed E-state index contributed by atoms with van der Waals surface area (Å²) >= 11 is 2.53. The number of thiophene rings is 1. The molecule has 0 saturated carbocycles. The molecule has 24 heavy (non-hydrogen) atoms. The maximum absolute atomic E-state index is 13.1. The fraction of sp³-hybridized carbons (Fsp3) is 0.188. The van der Waals surface area contributed by atoms with Crippen molar-refractivity contribution in [2.45, 2.75) is 12.1 Å². The normalized spacial score (nSPS) is 10.9. The Morgan fingerprint density at radius 3 is 2.83 bits per heavy atom. The number of hydrogen-bond acceptors (Lipinski definition) is 5. The van der Waals surface area contributed by atoms with Crippen LogP contribution >= 0.6 is 23.1 Å². The number of hydrogen-bond donors (Lipinski definition) is 2. The van der Waals surface area contributed by atoms with Crippen molar-refractivity contribution in [3.8, 4) is 11.1 Å². The van der Waals surface area contributed by atoms with E-state index in [4.69, 9.17) is 0 Å². The van der Waals surface area contributed by atoms with E-state index in [-0.39, 0.29) is 23.0 Å². The fourth-order valence-corrected chi connectivity index (χ4v) is 3.92. The number of benzene rings is 1. The van der Waals surface area contributed by atoms with E-state index in [2.05, 4.69) is 15.3 Å². The molecule has 0 aliphatic rings. The van der Waals surface area contributed by atoms with Gasteiger partial charge in [-0.2, -0.15) is 0 Å². The van der Waals surface area contributed by atoms with Gasteiger partial charge in [0.15, 0.2) is 5.16 Å². The molecule has 0 unspecified atom stereocenters. The van der Waals surface area contributed by atoms with E-state index in [1.54, 1.807) is 12.1 Å². The lowest BCUT2D eigenvalue weighted by Crippen LogP contribution is -2.24. The number of aromatic nitrogens is 2. The van der Waals surface area contributed by atoms with Gasteiger partial charge in [-0.1, -0.05) is 23.9 Å². The molecule has 0 radical (unpaired) electrons. The van der Waals surface area contributed by atoms with Gasteiger partial charge in [0, 0.05) is 17.5 Å². The minimum Gasteiger partial charge on any atom is -0.356 e. The summed E-state index contributed by atoms with van der Waals surface area (Å²) in [7, 11) is 0. The Bertz CT molecular complexity index is 935. The van der Waals surface area contributed by atoms with Crippen molar-refractivity contribution in [2.75, 3.05) is 12.3 Å². The Kier molecular flexibility index (Phi) is 4.96.